The maximum absolute atomic E-state index is 11.9. The zero-order chi connectivity index (χ0) is 16.8. The number of nitrogens with zero attached hydrogens (tertiary/aromatic N) is 3. The molecule has 2 saturated carbocycles. The number of amides is 1. The fraction of sp³-hybridized carbons (Fsp3) is 0.889. The maximum atomic E-state index is 11.9. The van der Waals surface area contributed by atoms with Crippen LogP contribution in [0, 0.1) is 5.92 Å². The fourth-order valence-corrected chi connectivity index (χ4v) is 3.22. The molecule has 7 heteroatoms. The SMILES string of the molecule is CCNC(=NCCCC1CC1)N1CCN(CC(=O)NC2CC2)CC1.I. The van der Waals surface area contributed by atoms with Gasteiger partial charge in [0.05, 0.1) is 6.54 Å². The van der Waals surface area contributed by atoms with E-state index in [0.29, 0.717) is 12.6 Å². The van der Waals surface area contributed by atoms with E-state index in [4.69, 9.17) is 4.99 Å². The molecule has 0 aromatic rings. The summed E-state index contributed by atoms with van der Waals surface area (Å²) in [5, 5.41) is 6.50. The second kappa shape index (κ2) is 10.5. The summed E-state index contributed by atoms with van der Waals surface area (Å²) >= 11 is 0. The third kappa shape index (κ3) is 7.68. The summed E-state index contributed by atoms with van der Waals surface area (Å²) in [6.45, 7) is 8.28. The van der Waals surface area contributed by atoms with Crippen LogP contribution in [0.2, 0.25) is 0 Å². The molecule has 25 heavy (non-hydrogen) atoms. The fourth-order valence-electron chi connectivity index (χ4n) is 3.22. The molecule has 0 bridgehead atoms. The van der Waals surface area contributed by atoms with Crippen LogP contribution >= 0.6 is 24.0 Å². The molecule has 6 nitrogen and oxygen atoms in total. The molecule has 1 heterocycles. The Balaban J connectivity index is 0.00000225. The zero-order valence-corrected chi connectivity index (χ0v) is 17.8. The number of hydrogen-bond acceptors (Lipinski definition) is 3. The molecule has 0 atom stereocenters. The van der Waals surface area contributed by atoms with Gasteiger partial charge in [0.25, 0.3) is 0 Å². The van der Waals surface area contributed by atoms with Crippen molar-refractivity contribution in [1.82, 2.24) is 20.4 Å². The van der Waals surface area contributed by atoms with Crippen molar-refractivity contribution in [1.29, 1.82) is 0 Å². The molecule has 1 saturated heterocycles. The number of guanidine groups is 1. The van der Waals surface area contributed by atoms with Crippen LogP contribution in [0.15, 0.2) is 4.99 Å². The van der Waals surface area contributed by atoms with Crippen LogP contribution in [0.3, 0.4) is 0 Å². The molecule has 144 valence electrons. The second-order valence-electron chi connectivity index (χ2n) is 7.43. The molecule has 0 unspecified atom stereocenters. The van der Waals surface area contributed by atoms with Crippen molar-refractivity contribution in [3.05, 3.63) is 0 Å². The van der Waals surface area contributed by atoms with E-state index in [2.05, 4.69) is 27.4 Å². The predicted octanol–water partition coefficient (Wildman–Crippen LogP) is 1.66. The van der Waals surface area contributed by atoms with Crippen LogP contribution in [0.5, 0.6) is 0 Å². The minimum absolute atomic E-state index is 0. The molecule has 0 spiro atoms. The number of rotatable bonds is 8. The third-order valence-corrected chi connectivity index (χ3v) is 5.05. The smallest absolute Gasteiger partial charge is 0.234 e. The highest BCUT2D eigenvalue weighted by Crippen LogP contribution is 2.33. The van der Waals surface area contributed by atoms with Crippen LogP contribution in [-0.4, -0.2) is 73.5 Å². The van der Waals surface area contributed by atoms with Crippen LogP contribution in [0.25, 0.3) is 0 Å². The Labute approximate surface area is 169 Å². The summed E-state index contributed by atoms with van der Waals surface area (Å²) in [6.07, 6.45) is 7.72. The van der Waals surface area contributed by atoms with Crippen LogP contribution in [-0.2, 0) is 4.79 Å². The van der Waals surface area contributed by atoms with Gasteiger partial charge in [0.1, 0.15) is 0 Å². The van der Waals surface area contributed by atoms with E-state index in [1.165, 1.54) is 25.7 Å². The lowest BCUT2D eigenvalue weighted by atomic mass is 10.2. The van der Waals surface area contributed by atoms with Crippen molar-refractivity contribution < 1.29 is 4.79 Å². The van der Waals surface area contributed by atoms with E-state index in [1.807, 2.05) is 0 Å². The van der Waals surface area contributed by atoms with E-state index >= 15 is 0 Å². The van der Waals surface area contributed by atoms with Crippen molar-refractivity contribution in [2.45, 2.75) is 51.5 Å². The molecule has 2 aliphatic carbocycles. The average Bonchev–Trinajstić information content (AvgIpc) is 3.47. The number of hydrogen-bond donors (Lipinski definition) is 2. The maximum Gasteiger partial charge on any atom is 0.234 e. The largest absolute Gasteiger partial charge is 0.357 e. The molecule has 3 aliphatic rings. The summed E-state index contributed by atoms with van der Waals surface area (Å²) in [4.78, 5) is 21.3. The van der Waals surface area contributed by atoms with Crippen LogP contribution in [0.4, 0.5) is 0 Å². The molecule has 1 amide bonds. The summed E-state index contributed by atoms with van der Waals surface area (Å²) in [5.74, 6) is 2.23. The Hall–Kier alpha value is -0.570. The summed E-state index contributed by atoms with van der Waals surface area (Å²) < 4.78 is 0. The Kier molecular flexibility index (Phi) is 8.75. The highest BCUT2D eigenvalue weighted by Gasteiger charge is 2.26. The summed E-state index contributed by atoms with van der Waals surface area (Å²) in [5.41, 5.74) is 0. The minimum Gasteiger partial charge on any atom is -0.357 e. The number of carbonyl (C=O) groups is 1. The second-order valence-corrected chi connectivity index (χ2v) is 7.43. The van der Waals surface area contributed by atoms with Gasteiger partial charge in [-0.3, -0.25) is 14.7 Å². The van der Waals surface area contributed by atoms with Gasteiger partial charge in [-0.1, -0.05) is 12.8 Å². The molecule has 0 aromatic heterocycles. The molecule has 0 aromatic carbocycles. The lowest BCUT2D eigenvalue weighted by Crippen LogP contribution is -2.54. The first kappa shape index (κ1) is 20.7. The standard InChI is InChI=1S/C18H33N5O.HI/c1-2-19-18(20-9-3-4-15-5-6-15)23-12-10-22(11-13-23)14-17(24)21-16-7-8-16;/h15-16H,2-14H2,1H3,(H,19,20)(H,21,24);1H. The van der Waals surface area contributed by atoms with Gasteiger partial charge in [-0.2, -0.15) is 0 Å². The molecule has 2 N–H and O–H groups in total. The highest BCUT2D eigenvalue weighted by atomic mass is 127. The van der Waals surface area contributed by atoms with Gasteiger partial charge in [0, 0.05) is 45.3 Å². The van der Waals surface area contributed by atoms with Gasteiger partial charge in [0.15, 0.2) is 5.96 Å². The van der Waals surface area contributed by atoms with Crippen molar-refractivity contribution in [3.63, 3.8) is 0 Å². The first-order valence-electron chi connectivity index (χ1n) is 9.79. The third-order valence-electron chi connectivity index (χ3n) is 5.05. The van der Waals surface area contributed by atoms with Crippen LogP contribution in [0.1, 0.15) is 45.4 Å². The van der Waals surface area contributed by atoms with E-state index < -0.39 is 0 Å². The number of nitrogens with one attached hydrogen (secondary N) is 2. The van der Waals surface area contributed by atoms with Crippen molar-refractivity contribution >= 4 is 35.8 Å². The van der Waals surface area contributed by atoms with Gasteiger partial charge in [-0.25, -0.2) is 0 Å². The van der Waals surface area contributed by atoms with Gasteiger partial charge in [0.2, 0.25) is 5.91 Å². The predicted molar refractivity (Wildman–Crippen MR) is 113 cm³/mol. The van der Waals surface area contributed by atoms with Crippen molar-refractivity contribution in [2.75, 3.05) is 45.8 Å². The quantitative estimate of drug-likeness (QED) is 0.249. The highest BCUT2D eigenvalue weighted by molar-refractivity contribution is 14.0. The van der Waals surface area contributed by atoms with E-state index in [-0.39, 0.29) is 29.9 Å². The first-order valence-corrected chi connectivity index (χ1v) is 9.79. The number of halogens is 1. The van der Waals surface area contributed by atoms with Gasteiger partial charge >= 0.3 is 0 Å². The molecule has 3 fully saturated rings. The Morgan fingerprint density at radius 1 is 1.12 bits per heavy atom. The van der Waals surface area contributed by atoms with Gasteiger partial charge in [-0.05, 0) is 38.5 Å². The van der Waals surface area contributed by atoms with E-state index in [0.717, 1.165) is 64.0 Å². The minimum atomic E-state index is 0. The monoisotopic (exact) mass is 463 g/mol. The average molecular weight is 463 g/mol. The summed E-state index contributed by atoms with van der Waals surface area (Å²) in [6, 6.07) is 0.460. The topological polar surface area (TPSA) is 60.0 Å². The van der Waals surface area contributed by atoms with E-state index in [9.17, 15) is 4.79 Å². The lowest BCUT2D eigenvalue weighted by molar-refractivity contribution is -0.122. The molecule has 1 aliphatic heterocycles. The molecular formula is C18H34IN5O. The number of piperazine rings is 1. The number of carbonyl (C=O) groups excluding carboxylic acids is 1. The van der Waals surface area contributed by atoms with Crippen molar-refractivity contribution in [2.24, 2.45) is 10.9 Å². The Morgan fingerprint density at radius 2 is 1.84 bits per heavy atom. The molecular weight excluding hydrogens is 429 g/mol. The zero-order valence-electron chi connectivity index (χ0n) is 15.5. The molecule has 3 rings (SSSR count). The number of aliphatic imine (C=N–C) groups is 1. The lowest BCUT2D eigenvalue weighted by Gasteiger charge is -2.36. The Morgan fingerprint density at radius 3 is 2.44 bits per heavy atom. The van der Waals surface area contributed by atoms with Crippen LogP contribution < -0.4 is 10.6 Å². The normalized spacial score (nSPS) is 21.6. The van der Waals surface area contributed by atoms with Crippen molar-refractivity contribution in [3.8, 4) is 0 Å². The Bertz CT molecular complexity index is 443. The molecule has 0 radical (unpaired) electrons. The van der Waals surface area contributed by atoms with E-state index in [1.54, 1.807) is 0 Å². The first-order chi connectivity index (χ1) is 11.7. The van der Waals surface area contributed by atoms with Gasteiger partial charge in [-0.15, -0.1) is 24.0 Å². The van der Waals surface area contributed by atoms with Gasteiger partial charge < -0.3 is 15.5 Å². The summed E-state index contributed by atoms with van der Waals surface area (Å²) in [7, 11) is 0.